The molecule has 17 aromatic rings. The third-order valence-electron chi connectivity index (χ3n) is 16.8. The molecule has 0 aliphatic heterocycles. The molecule has 0 saturated carbocycles. The highest BCUT2D eigenvalue weighted by molar-refractivity contribution is 6.14. The van der Waals surface area contributed by atoms with Crippen LogP contribution in [-0.2, 0) is 0 Å². The van der Waals surface area contributed by atoms with E-state index in [2.05, 4.69) is 309 Å². The van der Waals surface area contributed by atoms with Gasteiger partial charge >= 0.3 is 0 Å². The fourth-order valence-electron chi connectivity index (χ4n) is 13.1. The fourth-order valence-corrected chi connectivity index (χ4v) is 13.1. The van der Waals surface area contributed by atoms with Gasteiger partial charge in [-0.05, 0) is 120 Å². The lowest BCUT2D eigenvalue weighted by Gasteiger charge is -2.14. The summed E-state index contributed by atoms with van der Waals surface area (Å²) in [5.74, 6) is 0.658. The molecule has 0 amide bonds. The van der Waals surface area contributed by atoms with Gasteiger partial charge in [0, 0.05) is 82.5 Å². The van der Waals surface area contributed by atoms with Crippen molar-refractivity contribution in [1.82, 2.24) is 28.2 Å². The van der Waals surface area contributed by atoms with Crippen molar-refractivity contribution in [2.45, 2.75) is 0 Å². The molecule has 0 unspecified atom stereocenters. The van der Waals surface area contributed by atoms with Gasteiger partial charge in [-0.1, -0.05) is 182 Å². The van der Waals surface area contributed by atoms with Gasteiger partial charge in [-0.15, -0.1) is 0 Å². The van der Waals surface area contributed by atoms with Crippen molar-refractivity contribution in [3.8, 4) is 67.8 Å². The van der Waals surface area contributed by atoms with Crippen molar-refractivity contribution < 1.29 is 0 Å². The molecule has 5 aromatic heterocycles. The number of fused-ring (bicyclic) bond motifs is 12. The van der Waals surface area contributed by atoms with Gasteiger partial charge in [0.25, 0.3) is 0 Å². The molecule has 82 heavy (non-hydrogen) atoms. The highest BCUT2D eigenvalue weighted by atomic mass is 15.0. The third kappa shape index (κ3) is 7.15. The number of benzene rings is 12. The highest BCUT2D eigenvalue weighted by Crippen LogP contribution is 2.41. The van der Waals surface area contributed by atoms with E-state index in [0.717, 1.165) is 72.9 Å². The predicted molar refractivity (Wildman–Crippen MR) is 341 cm³/mol. The van der Waals surface area contributed by atoms with Gasteiger partial charge in [0.05, 0.1) is 55.5 Å². The van der Waals surface area contributed by atoms with Crippen LogP contribution in [0.1, 0.15) is 0 Å². The second-order valence-corrected chi connectivity index (χ2v) is 21.4. The zero-order valence-electron chi connectivity index (χ0n) is 44.4. The average Bonchev–Trinajstić information content (AvgIpc) is 4.42. The second kappa shape index (κ2) is 18.2. The Hall–Kier alpha value is -11.1. The van der Waals surface area contributed by atoms with Crippen LogP contribution in [0, 0.1) is 0 Å². The van der Waals surface area contributed by atoms with Crippen molar-refractivity contribution in [3.63, 3.8) is 0 Å². The average molecular weight is 1050 g/mol. The van der Waals surface area contributed by atoms with E-state index in [1.807, 2.05) is 0 Å². The van der Waals surface area contributed by atoms with Crippen LogP contribution in [0.5, 0.6) is 0 Å². The van der Waals surface area contributed by atoms with E-state index in [1.54, 1.807) is 0 Å². The number of hydrogen-bond donors (Lipinski definition) is 0. The molecule has 382 valence electrons. The second-order valence-electron chi connectivity index (χ2n) is 21.4. The minimum absolute atomic E-state index is 0.658. The molecule has 0 N–H and O–H groups in total. The van der Waals surface area contributed by atoms with Crippen LogP contribution in [0.2, 0.25) is 0 Å². The van der Waals surface area contributed by atoms with Gasteiger partial charge in [-0.2, -0.15) is 0 Å². The SMILES string of the molecule is c1ccc(-c2cc(-c3cccc(-n4c5ccccc5c5cc(-c6ccc(-n7c8ccccc8c8ccccc87)cc6)ccc54)c3)nc(-c3cccc(-n4c5ccccc5c5cc(-n6c7ccccc7c7ccccc76)ccc54)c3)n2)cc1. The molecular weight excluding hydrogens is 997 g/mol. The zero-order valence-corrected chi connectivity index (χ0v) is 44.4. The van der Waals surface area contributed by atoms with E-state index in [-0.39, 0.29) is 0 Å². The van der Waals surface area contributed by atoms with Gasteiger partial charge in [-0.25, -0.2) is 9.97 Å². The lowest BCUT2D eigenvalue weighted by Crippen LogP contribution is -1.99. The fraction of sp³-hybridized carbons (Fsp3) is 0. The van der Waals surface area contributed by atoms with Crippen LogP contribution in [0.3, 0.4) is 0 Å². The molecule has 0 aliphatic rings. The summed E-state index contributed by atoms with van der Waals surface area (Å²) in [7, 11) is 0. The van der Waals surface area contributed by atoms with Crippen LogP contribution < -0.4 is 0 Å². The van der Waals surface area contributed by atoms with Crippen molar-refractivity contribution in [1.29, 1.82) is 0 Å². The van der Waals surface area contributed by atoms with Crippen molar-refractivity contribution in [3.05, 3.63) is 291 Å². The Morgan fingerprint density at radius 1 is 0.183 bits per heavy atom. The molecule has 0 radical (unpaired) electrons. The number of hydrogen-bond acceptors (Lipinski definition) is 2. The summed E-state index contributed by atoms with van der Waals surface area (Å²) < 4.78 is 9.55. The van der Waals surface area contributed by atoms with E-state index in [4.69, 9.17) is 9.97 Å². The largest absolute Gasteiger partial charge is 0.309 e. The number of nitrogens with zero attached hydrogens (tertiary/aromatic N) is 6. The van der Waals surface area contributed by atoms with E-state index in [1.165, 1.54) is 76.3 Å². The summed E-state index contributed by atoms with van der Waals surface area (Å²) in [6, 6.07) is 105. The molecule has 12 aromatic carbocycles. The summed E-state index contributed by atoms with van der Waals surface area (Å²) in [5, 5.41) is 9.81. The number of para-hydroxylation sites is 6. The number of rotatable bonds is 8. The third-order valence-corrected chi connectivity index (χ3v) is 16.8. The standard InChI is InChI=1S/C76H48N6/c1-2-18-50(19-3-1)66-48-67(78-76(77-66)53-21-17-23-56(45-53)81-73-35-15-9-29-63(73)65-47-57(41-43-75(65)81)82-70-32-12-6-26-60(70)61-27-7-13-33-71(61)82)52-20-16-22-55(44-52)80-72-34-14-8-28-62(72)64-46-51(38-42-74(64)80)49-36-39-54(40-37-49)79-68-30-10-4-24-58(68)59-25-5-11-31-69(59)79/h1-48H. The summed E-state index contributed by atoms with van der Waals surface area (Å²) in [4.78, 5) is 10.8. The maximum atomic E-state index is 5.45. The maximum Gasteiger partial charge on any atom is 0.160 e. The monoisotopic (exact) mass is 1040 g/mol. The van der Waals surface area contributed by atoms with Crippen LogP contribution in [0.4, 0.5) is 0 Å². The maximum absolute atomic E-state index is 5.45. The molecule has 0 spiro atoms. The van der Waals surface area contributed by atoms with E-state index < -0.39 is 0 Å². The molecule has 0 atom stereocenters. The van der Waals surface area contributed by atoms with Gasteiger partial charge < -0.3 is 18.3 Å². The Labute approximate surface area is 471 Å². The summed E-state index contributed by atoms with van der Waals surface area (Å²) in [6.45, 7) is 0. The Kier molecular flexibility index (Phi) is 10.2. The van der Waals surface area contributed by atoms with Crippen LogP contribution in [0.15, 0.2) is 291 Å². The first-order valence-corrected chi connectivity index (χ1v) is 28.0. The van der Waals surface area contributed by atoms with Gasteiger partial charge in [-0.3, -0.25) is 0 Å². The van der Waals surface area contributed by atoms with Crippen molar-refractivity contribution >= 4 is 87.2 Å². The smallest absolute Gasteiger partial charge is 0.160 e. The Morgan fingerprint density at radius 3 is 1.04 bits per heavy atom. The topological polar surface area (TPSA) is 45.5 Å². The minimum atomic E-state index is 0.658. The van der Waals surface area contributed by atoms with Crippen LogP contribution in [0.25, 0.3) is 155 Å². The first-order valence-electron chi connectivity index (χ1n) is 28.0. The molecule has 0 aliphatic carbocycles. The molecule has 6 nitrogen and oxygen atoms in total. The Balaban J connectivity index is 0.755. The quantitative estimate of drug-likeness (QED) is 0.152. The van der Waals surface area contributed by atoms with Gasteiger partial charge in [0.1, 0.15) is 0 Å². The zero-order chi connectivity index (χ0) is 53.8. The summed E-state index contributed by atoms with van der Waals surface area (Å²) >= 11 is 0. The molecule has 0 saturated heterocycles. The van der Waals surface area contributed by atoms with Crippen LogP contribution >= 0.6 is 0 Å². The molecule has 17 rings (SSSR count). The van der Waals surface area contributed by atoms with E-state index >= 15 is 0 Å². The van der Waals surface area contributed by atoms with Gasteiger partial charge in [0.2, 0.25) is 0 Å². The Bertz CT molecular complexity index is 5300. The summed E-state index contributed by atoms with van der Waals surface area (Å²) in [5.41, 5.74) is 20.7. The van der Waals surface area contributed by atoms with Crippen molar-refractivity contribution in [2.24, 2.45) is 0 Å². The lowest BCUT2D eigenvalue weighted by atomic mass is 10.0. The number of aromatic nitrogens is 6. The molecular formula is C76H48N6. The Morgan fingerprint density at radius 2 is 0.524 bits per heavy atom. The lowest BCUT2D eigenvalue weighted by molar-refractivity contribution is 1.15. The minimum Gasteiger partial charge on any atom is -0.309 e. The molecule has 0 fully saturated rings. The molecule has 0 bridgehead atoms. The molecule has 6 heteroatoms. The molecule has 5 heterocycles. The normalized spacial score (nSPS) is 11.9. The van der Waals surface area contributed by atoms with Gasteiger partial charge in [0.15, 0.2) is 5.82 Å². The van der Waals surface area contributed by atoms with E-state index in [0.29, 0.717) is 5.82 Å². The first kappa shape index (κ1) is 45.9. The highest BCUT2D eigenvalue weighted by Gasteiger charge is 2.20. The predicted octanol–water partition coefficient (Wildman–Crippen LogP) is 19.5. The summed E-state index contributed by atoms with van der Waals surface area (Å²) in [6.07, 6.45) is 0. The van der Waals surface area contributed by atoms with Crippen LogP contribution in [-0.4, -0.2) is 28.2 Å². The van der Waals surface area contributed by atoms with Crippen molar-refractivity contribution in [2.75, 3.05) is 0 Å². The van der Waals surface area contributed by atoms with E-state index in [9.17, 15) is 0 Å². The first-order chi connectivity index (χ1) is 40.7.